The van der Waals surface area contributed by atoms with Gasteiger partial charge in [0.2, 0.25) is 5.91 Å². The lowest BCUT2D eigenvalue weighted by Crippen LogP contribution is -2.32. The largest absolute Gasteiger partial charge is 0.492 e. The minimum absolute atomic E-state index is 0.0849. The van der Waals surface area contributed by atoms with Crippen LogP contribution in [0.5, 0.6) is 5.75 Å². The molecule has 0 bridgehead atoms. The molecule has 5 heteroatoms. The van der Waals surface area contributed by atoms with E-state index in [2.05, 4.69) is 5.32 Å². The molecule has 0 saturated carbocycles. The topological polar surface area (TPSA) is 75.6 Å². The van der Waals surface area contributed by atoms with E-state index in [-0.39, 0.29) is 11.8 Å². The number of ether oxygens (including phenoxy) is 1. The first kappa shape index (κ1) is 15.8. The van der Waals surface area contributed by atoms with Crippen molar-refractivity contribution >= 4 is 23.6 Å². The number of hydrogen-bond acceptors (Lipinski definition) is 3. The summed E-state index contributed by atoms with van der Waals surface area (Å²) in [7, 11) is 0. The summed E-state index contributed by atoms with van der Waals surface area (Å²) in [5.74, 6) is -0.467. The van der Waals surface area contributed by atoms with E-state index in [1.165, 1.54) is 6.08 Å². The first-order valence-corrected chi connectivity index (χ1v) is 7.64. The molecule has 24 heavy (non-hydrogen) atoms. The van der Waals surface area contributed by atoms with Gasteiger partial charge in [-0.2, -0.15) is 0 Å². The first-order valence-electron chi connectivity index (χ1n) is 7.64. The van der Waals surface area contributed by atoms with Gasteiger partial charge in [0.15, 0.2) is 0 Å². The smallest absolute Gasteiger partial charge is 0.328 e. The molecule has 2 aromatic rings. The average Bonchev–Trinajstić information content (AvgIpc) is 2.60. The number of hydrogen-bond donors (Lipinski definition) is 2. The van der Waals surface area contributed by atoms with E-state index in [1.54, 1.807) is 24.3 Å². The van der Waals surface area contributed by atoms with Gasteiger partial charge in [-0.05, 0) is 41.8 Å². The van der Waals surface area contributed by atoms with Crippen molar-refractivity contribution in [2.24, 2.45) is 5.92 Å². The predicted octanol–water partition coefficient (Wildman–Crippen LogP) is 2.97. The van der Waals surface area contributed by atoms with Gasteiger partial charge in [-0.25, -0.2) is 4.79 Å². The Labute approximate surface area is 139 Å². The molecule has 1 atom stereocenters. The Bertz CT molecular complexity index is 780. The third kappa shape index (κ3) is 3.81. The van der Waals surface area contributed by atoms with E-state index in [0.29, 0.717) is 18.7 Å². The van der Waals surface area contributed by atoms with Crippen LogP contribution in [0, 0.1) is 5.92 Å². The lowest BCUT2D eigenvalue weighted by atomic mass is 9.96. The van der Waals surface area contributed by atoms with Crippen LogP contribution in [0.15, 0.2) is 54.6 Å². The number of carboxylic acid groups (broad SMARTS) is 1. The van der Waals surface area contributed by atoms with Gasteiger partial charge >= 0.3 is 5.97 Å². The van der Waals surface area contributed by atoms with Crippen molar-refractivity contribution < 1.29 is 19.4 Å². The number of para-hydroxylation sites is 1. The summed E-state index contributed by atoms with van der Waals surface area (Å²) >= 11 is 0. The number of amides is 1. The van der Waals surface area contributed by atoms with Gasteiger partial charge in [0.1, 0.15) is 12.4 Å². The number of nitrogens with one attached hydrogen (secondary N) is 1. The minimum atomic E-state index is -0.995. The van der Waals surface area contributed by atoms with Crippen molar-refractivity contribution in [3.63, 3.8) is 0 Å². The second-order valence-corrected chi connectivity index (χ2v) is 5.60. The van der Waals surface area contributed by atoms with Gasteiger partial charge in [-0.3, -0.25) is 4.79 Å². The molecule has 0 aromatic heterocycles. The van der Waals surface area contributed by atoms with Gasteiger partial charge in [0.05, 0.1) is 5.92 Å². The van der Waals surface area contributed by atoms with Crippen molar-refractivity contribution in [2.45, 2.75) is 6.42 Å². The predicted molar refractivity (Wildman–Crippen MR) is 90.9 cm³/mol. The van der Waals surface area contributed by atoms with E-state index in [4.69, 9.17) is 9.84 Å². The number of carbonyl (C=O) groups is 2. The summed E-state index contributed by atoms with van der Waals surface area (Å²) in [4.78, 5) is 22.9. The van der Waals surface area contributed by atoms with Crippen molar-refractivity contribution in [3.8, 4) is 5.75 Å². The molecule has 1 amide bonds. The van der Waals surface area contributed by atoms with Crippen LogP contribution in [0.1, 0.15) is 11.1 Å². The van der Waals surface area contributed by atoms with E-state index < -0.39 is 5.97 Å². The Morgan fingerprint density at radius 2 is 1.88 bits per heavy atom. The number of carboxylic acids is 1. The standard InChI is InChI=1S/C19H17NO4/c21-18(22)10-7-13-5-8-16(9-6-13)20-19(23)15-11-14-3-1-2-4-17(14)24-12-15/h1-10,15H,11-12H2,(H,20,23)(H,21,22)/b10-7+. The van der Waals surface area contributed by atoms with Crippen molar-refractivity contribution in [2.75, 3.05) is 11.9 Å². The third-order valence-electron chi connectivity index (χ3n) is 3.85. The van der Waals surface area contributed by atoms with Crippen molar-refractivity contribution in [3.05, 3.63) is 65.7 Å². The number of aliphatic carboxylic acids is 1. The van der Waals surface area contributed by atoms with E-state index >= 15 is 0 Å². The molecule has 122 valence electrons. The highest BCUT2D eigenvalue weighted by Crippen LogP contribution is 2.27. The molecule has 1 aliphatic heterocycles. The summed E-state index contributed by atoms with van der Waals surface area (Å²) in [6, 6.07) is 14.7. The Morgan fingerprint density at radius 3 is 2.62 bits per heavy atom. The third-order valence-corrected chi connectivity index (χ3v) is 3.85. The van der Waals surface area contributed by atoms with Crippen LogP contribution < -0.4 is 10.1 Å². The first-order chi connectivity index (χ1) is 11.6. The second kappa shape index (κ2) is 7.00. The highest BCUT2D eigenvalue weighted by Gasteiger charge is 2.25. The minimum Gasteiger partial charge on any atom is -0.492 e. The number of anilines is 1. The molecule has 0 spiro atoms. The van der Waals surface area contributed by atoms with Gasteiger partial charge in [-0.1, -0.05) is 30.3 Å². The Hall–Kier alpha value is -3.08. The maximum atomic E-state index is 12.4. The van der Waals surface area contributed by atoms with Gasteiger partial charge < -0.3 is 15.2 Å². The lowest BCUT2D eigenvalue weighted by Gasteiger charge is -2.24. The lowest BCUT2D eigenvalue weighted by molar-refractivity contribution is -0.131. The fourth-order valence-electron chi connectivity index (χ4n) is 2.59. The molecule has 0 radical (unpaired) electrons. The summed E-state index contributed by atoms with van der Waals surface area (Å²) in [5, 5.41) is 11.5. The summed E-state index contributed by atoms with van der Waals surface area (Å²) in [5.41, 5.74) is 2.47. The van der Waals surface area contributed by atoms with Crippen LogP contribution in [-0.2, 0) is 16.0 Å². The molecule has 5 nitrogen and oxygen atoms in total. The van der Waals surface area contributed by atoms with Crippen LogP contribution in [-0.4, -0.2) is 23.6 Å². The number of carbonyl (C=O) groups excluding carboxylic acids is 1. The molecule has 0 fully saturated rings. The van der Waals surface area contributed by atoms with Crippen LogP contribution in [0.25, 0.3) is 6.08 Å². The van der Waals surface area contributed by atoms with Gasteiger partial charge in [0.25, 0.3) is 0 Å². The zero-order valence-corrected chi connectivity index (χ0v) is 12.9. The summed E-state index contributed by atoms with van der Waals surface area (Å²) < 4.78 is 5.64. The zero-order valence-electron chi connectivity index (χ0n) is 12.9. The molecule has 0 saturated heterocycles. The highest BCUT2D eigenvalue weighted by atomic mass is 16.5. The second-order valence-electron chi connectivity index (χ2n) is 5.60. The summed E-state index contributed by atoms with van der Waals surface area (Å²) in [6.07, 6.45) is 3.23. The molecule has 2 N–H and O–H groups in total. The van der Waals surface area contributed by atoms with Gasteiger partial charge in [0, 0.05) is 11.8 Å². The Morgan fingerprint density at radius 1 is 1.12 bits per heavy atom. The number of fused-ring (bicyclic) bond motifs is 1. The van der Waals surface area contributed by atoms with Crippen molar-refractivity contribution in [1.82, 2.24) is 0 Å². The molecule has 2 aromatic carbocycles. The Kier molecular flexibility index (Phi) is 4.61. The molecular weight excluding hydrogens is 306 g/mol. The quantitative estimate of drug-likeness (QED) is 0.848. The number of rotatable bonds is 4. The Balaban J connectivity index is 1.62. The van der Waals surface area contributed by atoms with Crippen LogP contribution in [0.3, 0.4) is 0 Å². The van der Waals surface area contributed by atoms with E-state index in [1.807, 2.05) is 24.3 Å². The fourth-order valence-corrected chi connectivity index (χ4v) is 2.59. The van der Waals surface area contributed by atoms with E-state index in [9.17, 15) is 9.59 Å². The maximum absolute atomic E-state index is 12.4. The fraction of sp³-hybridized carbons (Fsp3) is 0.158. The molecule has 0 aliphatic carbocycles. The van der Waals surface area contributed by atoms with Crippen LogP contribution in [0.4, 0.5) is 5.69 Å². The SMILES string of the molecule is O=C(O)/C=C/c1ccc(NC(=O)C2COc3ccccc3C2)cc1. The van der Waals surface area contributed by atoms with Crippen LogP contribution in [0.2, 0.25) is 0 Å². The van der Waals surface area contributed by atoms with Gasteiger partial charge in [-0.15, -0.1) is 0 Å². The molecule has 1 aliphatic rings. The molecule has 3 rings (SSSR count). The summed E-state index contributed by atoms with van der Waals surface area (Å²) in [6.45, 7) is 0.363. The maximum Gasteiger partial charge on any atom is 0.328 e. The zero-order chi connectivity index (χ0) is 16.9. The van der Waals surface area contributed by atoms with Crippen molar-refractivity contribution in [1.29, 1.82) is 0 Å². The normalized spacial score (nSPS) is 16.2. The number of benzene rings is 2. The monoisotopic (exact) mass is 323 g/mol. The van der Waals surface area contributed by atoms with E-state index in [0.717, 1.165) is 23.0 Å². The highest BCUT2D eigenvalue weighted by molar-refractivity contribution is 5.93. The molecular formula is C19H17NO4. The average molecular weight is 323 g/mol. The molecule has 1 heterocycles. The van der Waals surface area contributed by atoms with Crippen LogP contribution >= 0.6 is 0 Å². The molecule has 1 unspecified atom stereocenters.